The lowest BCUT2D eigenvalue weighted by Crippen LogP contribution is -2.59. The third kappa shape index (κ3) is 37.6. The summed E-state index contributed by atoms with van der Waals surface area (Å²) in [5.41, 5.74) is 11.2. The smallest absolute Gasteiger partial charge is 0.317 e. The van der Waals surface area contributed by atoms with Crippen molar-refractivity contribution in [3.05, 3.63) is 0 Å². The molecule has 0 aromatic heterocycles. The minimum absolute atomic E-state index is 0.00862. The SMILES string of the molecule is CN1CCC[C@H]1C(=O)N1CCC[C@H]1C(=O)N[C@@H](CCCNC(=N)N)C(=O)N[C@@H](CCC(=O)O)C(=O)N[C@@H](CCCCN(CC(=O)O)CC(=O)O)C(=O)N[C@@H](CCCCNC(=O)COCCOCCNC(=O)CCCCCCCCCCCCCCC(=O)O)C(N)=O. The van der Waals surface area contributed by atoms with Crippen LogP contribution in [-0.2, 0) is 67.0 Å². The Morgan fingerprint density at radius 2 is 0.978 bits per heavy atom. The third-order valence-corrected chi connectivity index (χ3v) is 15.7. The number of nitrogens with one attached hydrogen (secondary N) is 8. The number of ether oxygens (including phenoxy) is 2. The molecule has 0 aromatic carbocycles. The summed E-state index contributed by atoms with van der Waals surface area (Å²) in [7, 11) is 1.83. The number of primary amides is 1. The lowest BCUT2D eigenvalue weighted by atomic mass is 10.0. The fourth-order valence-corrected chi connectivity index (χ4v) is 10.8. The molecule has 0 aliphatic carbocycles. The number of nitrogens with two attached hydrogens (primary N) is 2. The van der Waals surface area contributed by atoms with Gasteiger partial charge in [-0.05, 0) is 116 Å². The number of rotatable bonds is 54. The van der Waals surface area contributed by atoms with E-state index in [4.69, 9.17) is 31.5 Å². The maximum atomic E-state index is 14.2. The van der Waals surface area contributed by atoms with Crippen molar-refractivity contribution in [1.82, 2.24) is 51.9 Å². The quantitative estimate of drug-likeness (QED) is 0.0220. The number of amides is 8. The molecule has 2 aliphatic heterocycles. The standard InChI is InChI=1S/C60H105N13O18/c1-71-33-19-25-47(71)59(89)73-35-20-24-46(73)58(88)70-44(23-18-31-66-60(62)63)56(86)69-45(28-29-51(78)79)57(87)68-43(22-15-17-34-72(39-52(80)81)40-53(82)83)55(85)67-42(54(61)84)21-14-16-30-64-49(75)41-91-38-37-90-36-32-65-48(74)26-12-10-8-6-4-2-3-5-7-9-11-13-27-50(76)77/h42-47H,2-41H2,1H3,(H2,61,84)(H,64,75)(H,65,74)(H,67,85)(H,68,87)(H,69,86)(H,70,88)(H,76,77)(H,78,79)(H,80,81)(H,82,83)(H4,62,63,66)/t42-,43-,44-,45-,46-,47-/m0/s1. The summed E-state index contributed by atoms with van der Waals surface area (Å²) in [5.74, 6) is -10.1. The summed E-state index contributed by atoms with van der Waals surface area (Å²) in [6, 6.07) is -7.06. The lowest BCUT2D eigenvalue weighted by molar-refractivity contribution is -0.142. The number of likely N-dealkylation sites (N-methyl/N-ethyl adjacent to an activating group) is 1. The fraction of sp³-hybridized carbons (Fsp3) is 0.783. The molecule has 0 aromatic rings. The van der Waals surface area contributed by atoms with Gasteiger partial charge in [0, 0.05) is 45.4 Å². The summed E-state index contributed by atoms with van der Waals surface area (Å²) in [6.07, 6.45) is 15.3. The van der Waals surface area contributed by atoms with E-state index in [-0.39, 0.29) is 115 Å². The van der Waals surface area contributed by atoms with Gasteiger partial charge in [0.25, 0.3) is 0 Å². The summed E-state index contributed by atoms with van der Waals surface area (Å²) in [5, 5.41) is 63.0. The molecule has 2 fully saturated rings. The van der Waals surface area contributed by atoms with Gasteiger partial charge in [-0.3, -0.25) is 72.7 Å². The van der Waals surface area contributed by atoms with Gasteiger partial charge in [-0.2, -0.15) is 0 Å². The van der Waals surface area contributed by atoms with E-state index in [0.717, 1.165) is 69.2 Å². The van der Waals surface area contributed by atoms with Crippen molar-refractivity contribution in [1.29, 1.82) is 5.41 Å². The molecule has 6 atom stereocenters. The van der Waals surface area contributed by atoms with E-state index < -0.39 is 122 Å². The van der Waals surface area contributed by atoms with Crippen LogP contribution >= 0.6 is 0 Å². The van der Waals surface area contributed by atoms with Gasteiger partial charge >= 0.3 is 23.9 Å². The first-order valence-corrected chi connectivity index (χ1v) is 32.4. The second-order valence-electron chi connectivity index (χ2n) is 23.4. The number of hydrogen-bond acceptors (Lipinski definition) is 17. The molecule has 2 saturated heterocycles. The largest absolute Gasteiger partial charge is 0.481 e. The molecule has 0 spiro atoms. The Balaban J connectivity index is 1.95. The molecular weight excluding hydrogens is 1190 g/mol. The number of aliphatic carboxylic acids is 4. The van der Waals surface area contributed by atoms with Crippen molar-refractivity contribution in [2.24, 2.45) is 11.5 Å². The first-order chi connectivity index (χ1) is 43.5. The van der Waals surface area contributed by atoms with E-state index in [1.165, 1.54) is 30.6 Å². The highest BCUT2D eigenvalue weighted by Gasteiger charge is 2.41. The lowest BCUT2D eigenvalue weighted by Gasteiger charge is -2.30. The van der Waals surface area contributed by atoms with E-state index in [9.17, 15) is 72.9 Å². The number of carboxylic acids is 4. The van der Waals surface area contributed by atoms with Crippen LogP contribution in [0.5, 0.6) is 0 Å². The van der Waals surface area contributed by atoms with Gasteiger partial charge < -0.3 is 83.5 Å². The van der Waals surface area contributed by atoms with Gasteiger partial charge in [-0.1, -0.05) is 64.2 Å². The average molecular weight is 1300 g/mol. The van der Waals surface area contributed by atoms with Crippen LogP contribution < -0.4 is 48.7 Å². The van der Waals surface area contributed by atoms with E-state index in [0.29, 0.717) is 45.2 Å². The number of hydrogen-bond donors (Lipinski definition) is 14. The van der Waals surface area contributed by atoms with Crippen molar-refractivity contribution < 1.29 is 87.4 Å². The van der Waals surface area contributed by atoms with Gasteiger partial charge in [0.1, 0.15) is 36.8 Å². The Bertz CT molecular complexity index is 2280. The summed E-state index contributed by atoms with van der Waals surface area (Å²) in [4.78, 5) is 157. The van der Waals surface area contributed by atoms with Gasteiger partial charge in [0.2, 0.25) is 47.3 Å². The molecule has 2 rings (SSSR count). The molecule has 91 heavy (non-hydrogen) atoms. The number of carbonyl (C=O) groups is 12. The zero-order valence-corrected chi connectivity index (χ0v) is 53.2. The fourth-order valence-electron chi connectivity index (χ4n) is 10.8. The highest BCUT2D eigenvalue weighted by atomic mass is 16.5. The normalized spacial score (nSPS) is 16.0. The molecule has 31 nitrogen and oxygen atoms in total. The molecule has 2 heterocycles. The summed E-state index contributed by atoms with van der Waals surface area (Å²) in [6.45, 7) is 0.710. The summed E-state index contributed by atoms with van der Waals surface area (Å²) < 4.78 is 10.9. The van der Waals surface area contributed by atoms with Gasteiger partial charge in [0.05, 0.1) is 39.0 Å². The molecule has 16 N–H and O–H groups in total. The molecule has 31 heteroatoms. The first kappa shape index (κ1) is 79.8. The highest BCUT2D eigenvalue weighted by Crippen LogP contribution is 2.24. The third-order valence-electron chi connectivity index (χ3n) is 15.7. The molecule has 2 aliphatic rings. The molecule has 0 unspecified atom stereocenters. The van der Waals surface area contributed by atoms with Crippen molar-refractivity contribution in [3.8, 4) is 0 Å². The number of nitrogens with zero attached hydrogens (tertiary/aromatic N) is 3. The van der Waals surface area contributed by atoms with Crippen molar-refractivity contribution >= 4 is 77.1 Å². The molecular formula is C60H105N13O18. The molecule has 518 valence electrons. The predicted octanol–water partition coefficient (Wildman–Crippen LogP) is 0.248. The van der Waals surface area contributed by atoms with Crippen LogP contribution in [-0.4, -0.2) is 234 Å². The van der Waals surface area contributed by atoms with E-state index in [1.807, 2.05) is 11.9 Å². The second-order valence-corrected chi connectivity index (χ2v) is 23.4. The van der Waals surface area contributed by atoms with Gasteiger partial charge in [-0.15, -0.1) is 0 Å². The Morgan fingerprint density at radius 1 is 0.495 bits per heavy atom. The first-order valence-electron chi connectivity index (χ1n) is 32.4. The van der Waals surface area contributed by atoms with E-state index in [2.05, 4.69) is 37.2 Å². The Labute approximate surface area is 533 Å². The number of guanidine groups is 1. The van der Waals surface area contributed by atoms with Crippen molar-refractivity contribution in [2.75, 3.05) is 85.8 Å². The highest BCUT2D eigenvalue weighted by molar-refractivity contribution is 5.97. The molecule has 0 bridgehead atoms. The number of likely N-dealkylation sites (tertiary alicyclic amines) is 2. The number of unbranched alkanes of at least 4 members (excludes halogenated alkanes) is 13. The maximum absolute atomic E-state index is 14.2. The van der Waals surface area contributed by atoms with Crippen molar-refractivity contribution in [2.45, 2.75) is 216 Å². The second kappa shape index (κ2) is 47.6. The van der Waals surface area contributed by atoms with E-state index >= 15 is 0 Å². The summed E-state index contributed by atoms with van der Waals surface area (Å²) >= 11 is 0. The molecule has 0 saturated carbocycles. The minimum atomic E-state index is -1.63. The topological polar surface area (TPSA) is 474 Å². The van der Waals surface area contributed by atoms with Crippen LogP contribution in [0.2, 0.25) is 0 Å². The minimum Gasteiger partial charge on any atom is -0.481 e. The van der Waals surface area contributed by atoms with Crippen LogP contribution in [0.3, 0.4) is 0 Å². The van der Waals surface area contributed by atoms with Crippen LogP contribution in [0.4, 0.5) is 0 Å². The van der Waals surface area contributed by atoms with Crippen LogP contribution in [0.1, 0.15) is 180 Å². The van der Waals surface area contributed by atoms with Crippen LogP contribution in [0.25, 0.3) is 0 Å². The monoisotopic (exact) mass is 1300 g/mol. The number of carbonyl (C=O) groups excluding carboxylic acids is 8. The Hall–Kier alpha value is -7.25. The van der Waals surface area contributed by atoms with Crippen LogP contribution in [0, 0.1) is 5.41 Å². The molecule has 0 radical (unpaired) electrons. The zero-order chi connectivity index (χ0) is 67.3. The van der Waals surface area contributed by atoms with Gasteiger partial charge in [-0.25, -0.2) is 0 Å². The maximum Gasteiger partial charge on any atom is 0.317 e. The van der Waals surface area contributed by atoms with E-state index in [1.54, 1.807) is 0 Å². The predicted molar refractivity (Wildman–Crippen MR) is 333 cm³/mol. The zero-order valence-electron chi connectivity index (χ0n) is 53.2. The number of carboxylic acid groups (broad SMARTS) is 4. The van der Waals surface area contributed by atoms with Crippen LogP contribution in [0.15, 0.2) is 0 Å². The Morgan fingerprint density at radius 3 is 1.54 bits per heavy atom. The van der Waals surface area contributed by atoms with Crippen molar-refractivity contribution in [3.63, 3.8) is 0 Å². The van der Waals surface area contributed by atoms with Gasteiger partial charge in [0.15, 0.2) is 5.96 Å². The average Bonchev–Trinajstić information content (AvgIpc) is 2.17. The Kier molecular flexibility index (Phi) is 41.8. The molecule has 8 amide bonds.